The lowest BCUT2D eigenvalue weighted by Gasteiger charge is -2.19. The number of likely N-dealkylation sites (tertiary alicyclic amines) is 1. The van der Waals surface area contributed by atoms with Gasteiger partial charge in [0.05, 0.1) is 0 Å². The van der Waals surface area contributed by atoms with Gasteiger partial charge in [-0.05, 0) is 29.0 Å². The first kappa shape index (κ1) is 16.3. The lowest BCUT2D eigenvalue weighted by atomic mass is 10.2. The number of halogens is 1. The summed E-state index contributed by atoms with van der Waals surface area (Å²) >= 11 is 5.70. The van der Waals surface area contributed by atoms with Crippen LogP contribution in [0.5, 0.6) is 0 Å². The number of carbonyl (C=O) groups is 1. The maximum Gasteiger partial charge on any atom is 0.407 e. The molecule has 1 saturated heterocycles. The van der Waals surface area contributed by atoms with Crippen molar-refractivity contribution in [3.8, 4) is 0 Å². The van der Waals surface area contributed by atoms with E-state index in [0.29, 0.717) is 18.4 Å². The van der Waals surface area contributed by atoms with Crippen molar-refractivity contribution in [2.24, 2.45) is 11.8 Å². The number of aromatic nitrogens is 2. The normalized spacial score (nSPS) is 24.6. The molecule has 25 heavy (non-hydrogen) atoms. The van der Waals surface area contributed by atoms with Crippen LogP contribution in [0.2, 0.25) is 5.28 Å². The number of rotatable bonds is 5. The average Bonchev–Trinajstić information content (AvgIpc) is 3.06. The van der Waals surface area contributed by atoms with Crippen molar-refractivity contribution in [3.05, 3.63) is 59.1 Å². The molecule has 6 nitrogen and oxygen atoms in total. The average molecular weight is 359 g/mol. The molecule has 1 aliphatic heterocycles. The molecule has 1 saturated carbocycles. The number of carbonyl (C=O) groups excluding carboxylic acids is 1. The van der Waals surface area contributed by atoms with Gasteiger partial charge in [0, 0.05) is 43.6 Å². The number of amides is 1. The second-order valence-electron chi connectivity index (χ2n) is 6.61. The maximum absolute atomic E-state index is 11.9. The first-order chi connectivity index (χ1) is 12.2. The molecule has 1 aliphatic carbocycles. The third-order valence-corrected chi connectivity index (χ3v) is 5.04. The number of nitrogens with one attached hydrogen (secondary N) is 1. The highest BCUT2D eigenvalue weighted by molar-refractivity contribution is 6.28. The van der Waals surface area contributed by atoms with Crippen LogP contribution in [-0.2, 0) is 17.9 Å². The molecule has 2 heterocycles. The molecular weight excluding hydrogens is 340 g/mol. The number of fused-ring (bicyclic) bond motifs is 1. The van der Waals surface area contributed by atoms with Crippen LogP contribution in [0.15, 0.2) is 42.7 Å². The largest absolute Gasteiger partial charge is 0.445 e. The van der Waals surface area contributed by atoms with Gasteiger partial charge in [-0.1, -0.05) is 30.3 Å². The van der Waals surface area contributed by atoms with E-state index in [-0.39, 0.29) is 17.4 Å². The zero-order valence-corrected chi connectivity index (χ0v) is 14.4. The van der Waals surface area contributed by atoms with E-state index < -0.39 is 0 Å². The fourth-order valence-electron chi connectivity index (χ4n) is 3.54. The fourth-order valence-corrected chi connectivity index (χ4v) is 3.63. The Kier molecular flexibility index (Phi) is 4.55. The molecule has 1 unspecified atom stereocenters. The van der Waals surface area contributed by atoms with Gasteiger partial charge in [0.25, 0.3) is 0 Å². The number of alkyl carbamates (subject to hydrolysis) is 1. The fraction of sp³-hybridized carbons (Fsp3) is 0.389. The maximum atomic E-state index is 11.9. The van der Waals surface area contributed by atoms with Crippen molar-refractivity contribution in [2.75, 3.05) is 13.1 Å². The number of nitrogens with zero attached hydrogens (tertiary/aromatic N) is 3. The molecule has 0 radical (unpaired) electrons. The Morgan fingerprint density at radius 1 is 1.16 bits per heavy atom. The van der Waals surface area contributed by atoms with Gasteiger partial charge in [-0.25, -0.2) is 14.8 Å². The SMILES string of the molecule is O=C(NC1[C@H]2CN(Cc3cnc(Cl)nc3)C[C@@H]12)OCc1ccccc1. The summed E-state index contributed by atoms with van der Waals surface area (Å²) in [5, 5.41) is 3.26. The molecule has 3 atom stereocenters. The Bertz CT molecular complexity index is 729. The van der Waals surface area contributed by atoms with Crippen LogP contribution in [0.3, 0.4) is 0 Å². The second kappa shape index (κ2) is 6.98. The van der Waals surface area contributed by atoms with Crippen molar-refractivity contribution in [1.82, 2.24) is 20.2 Å². The minimum Gasteiger partial charge on any atom is -0.445 e. The van der Waals surface area contributed by atoms with E-state index in [1.54, 1.807) is 12.4 Å². The van der Waals surface area contributed by atoms with Gasteiger partial charge in [0.1, 0.15) is 6.61 Å². The molecule has 1 N–H and O–H groups in total. The van der Waals surface area contributed by atoms with Gasteiger partial charge in [0.2, 0.25) is 5.28 Å². The highest BCUT2D eigenvalue weighted by atomic mass is 35.5. The quantitative estimate of drug-likeness (QED) is 0.832. The second-order valence-corrected chi connectivity index (χ2v) is 6.95. The zero-order chi connectivity index (χ0) is 17.2. The van der Waals surface area contributed by atoms with Gasteiger partial charge in [-0.15, -0.1) is 0 Å². The summed E-state index contributed by atoms with van der Waals surface area (Å²) in [6, 6.07) is 9.93. The molecule has 1 amide bonds. The standard InChI is InChI=1S/C18H19ClN4O2/c19-17-20-6-13(7-21-17)8-23-9-14-15(10-23)16(14)22-18(24)25-11-12-4-2-1-3-5-12/h1-7,14-16H,8-11H2,(H,22,24)/t14-,15+,16?. The van der Waals surface area contributed by atoms with Crippen LogP contribution in [0, 0.1) is 11.8 Å². The van der Waals surface area contributed by atoms with Crippen molar-refractivity contribution < 1.29 is 9.53 Å². The van der Waals surface area contributed by atoms with E-state index >= 15 is 0 Å². The predicted octanol–water partition coefficient (Wildman–Crippen LogP) is 2.49. The number of piperidine rings is 1. The third-order valence-electron chi connectivity index (χ3n) is 4.85. The topological polar surface area (TPSA) is 67.4 Å². The number of ether oxygens (including phenoxy) is 1. The summed E-state index contributed by atoms with van der Waals surface area (Å²) < 4.78 is 5.29. The first-order valence-corrected chi connectivity index (χ1v) is 8.73. The highest BCUT2D eigenvalue weighted by Gasteiger charge is 2.56. The molecule has 1 aromatic heterocycles. The van der Waals surface area contributed by atoms with Crippen molar-refractivity contribution in [1.29, 1.82) is 0 Å². The number of benzene rings is 1. The van der Waals surface area contributed by atoms with Crippen molar-refractivity contribution >= 4 is 17.7 Å². The molecule has 2 aromatic rings. The minimum absolute atomic E-state index is 0.237. The summed E-state index contributed by atoms with van der Waals surface area (Å²) in [6.45, 7) is 3.06. The van der Waals surface area contributed by atoms with Gasteiger partial charge in [0.15, 0.2) is 0 Å². The van der Waals surface area contributed by atoms with Gasteiger partial charge >= 0.3 is 6.09 Å². The van der Waals surface area contributed by atoms with Gasteiger partial charge in [-0.2, -0.15) is 0 Å². The van der Waals surface area contributed by atoms with Crippen molar-refractivity contribution in [3.63, 3.8) is 0 Å². The molecule has 4 rings (SSSR count). The highest BCUT2D eigenvalue weighted by Crippen LogP contribution is 2.45. The Morgan fingerprint density at radius 3 is 2.52 bits per heavy atom. The van der Waals surface area contributed by atoms with Crippen molar-refractivity contribution in [2.45, 2.75) is 19.2 Å². The minimum atomic E-state index is -0.332. The van der Waals surface area contributed by atoms with E-state index in [4.69, 9.17) is 16.3 Å². The van der Waals surface area contributed by atoms with Gasteiger partial charge < -0.3 is 10.1 Å². The first-order valence-electron chi connectivity index (χ1n) is 8.35. The Labute approximate surface area is 151 Å². The molecule has 7 heteroatoms. The Morgan fingerprint density at radius 2 is 1.84 bits per heavy atom. The Balaban J connectivity index is 1.19. The van der Waals surface area contributed by atoms with E-state index in [9.17, 15) is 4.79 Å². The van der Waals surface area contributed by atoms with Crippen LogP contribution < -0.4 is 5.32 Å². The van der Waals surface area contributed by atoms with Crippen LogP contribution in [0.4, 0.5) is 4.79 Å². The lowest BCUT2D eigenvalue weighted by Crippen LogP contribution is -2.34. The summed E-state index contributed by atoms with van der Waals surface area (Å²) in [6.07, 6.45) is 3.19. The van der Waals surface area contributed by atoms with Gasteiger partial charge in [-0.3, -0.25) is 4.90 Å². The van der Waals surface area contributed by atoms with Crippen LogP contribution in [-0.4, -0.2) is 40.1 Å². The summed E-state index contributed by atoms with van der Waals surface area (Å²) in [5.41, 5.74) is 2.04. The van der Waals surface area contributed by atoms with Crippen LogP contribution in [0.1, 0.15) is 11.1 Å². The monoisotopic (exact) mass is 358 g/mol. The van der Waals surface area contributed by atoms with E-state index in [0.717, 1.165) is 30.8 Å². The third kappa shape index (κ3) is 3.91. The van der Waals surface area contributed by atoms with E-state index in [1.165, 1.54) is 0 Å². The van der Waals surface area contributed by atoms with Crippen LogP contribution >= 0.6 is 11.6 Å². The Hall–Kier alpha value is -2.18. The lowest BCUT2D eigenvalue weighted by molar-refractivity contribution is 0.136. The number of hydrogen-bond acceptors (Lipinski definition) is 5. The molecular formula is C18H19ClN4O2. The molecule has 2 aliphatic rings. The van der Waals surface area contributed by atoms with Crippen LogP contribution in [0.25, 0.3) is 0 Å². The number of hydrogen-bond donors (Lipinski definition) is 1. The molecule has 1 aromatic carbocycles. The zero-order valence-electron chi connectivity index (χ0n) is 13.6. The molecule has 2 fully saturated rings. The predicted molar refractivity (Wildman–Crippen MR) is 92.8 cm³/mol. The molecule has 0 bridgehead atoms. The summed E-state index contributed by atoms with van der Waals surface area (Å²) in [7, 11) is 0. The van der Waals surface area contributed by atoms with E-state index in [1.807, 2.05) is 30.3 Å². The summed E-state index contributed by atoms with van der Waals surface area (Å²) in [4.78, 5) is 22.3. The smallest absolute Gasteiger partial charge is 0.407 e. The summed E-state index contributed by atoms with van der Waals surface area (Å²) in [5.74, 6) is 1.02. The molecule has 130 valence electrons. The molecule has 0 spiro atoms. The van der Waals surface area contributed by atoms with E-state index in [2.05, 4.69) is 20.2 Å².